The number of hydrogen-bond donors (Lipinski definition) is 1. The molecule has 1 N–H and O–H groups in total. The Bertz CT molecular complexity index is 682. The predicted octanol–water partition coefficient (Wildman–Crippen LogP) is 0.977. The maximum atomic E-state index is 12.0. The number of hydrogen-bond acceptors (Lipinski definition) is 7. The van der Waals surface area contributed by atoms with Gasteiger partial charge in [-0.15, -0.1) is 0 Å². The summed E-state index contributed by atoms with van der Waals surface area (Å²) < 4.78 is 5.25. The highest BCUT2D eigenvalue weighted by molar-refractivity contribution is 5.90. The number of nitro groups is 1. The Morgan fingerprint density at radius 1 is 1.27 bits per heavy atom. The average Bonchev–Trinajstić information content (AvgIpc) is 3.17. The number of benzene rings is 1. The van der Waals surface area contributed by atoms with E-state index in [2.05, 4.69) is 15.4 Å². The van der Waals surface area contributed by atoms with Gasteiger partial charge >= 0.3 is 0 Å². The van der Waals surface area contributed by atoms with Crippen LogP contribution >= 0.6 is 0 Å². The Morgan fingerprint density at radius 3 is 2.69 bits per heavy atom. The number of nitrogens with one attached hydrogen (secondary N) is 1. The van der Waals surface area contributed by atoms with Gasteiger partial charge in [0.2, 0.25) is 0 Å². The second-order valence-corrected chi connectivity index (χ2v) is 6.38. The quantitative estimate of drug-likeness (QED) is 0.460. The molecule has 2 saturated heterocycles. The van der Waals surface area contributed by atoms with Gasteiger partial charge < -0.3 is 9.64 Å². The van der Waals surface area contributed by atoms with E-state index in [-0.39, 0.29) is 18.1 Å². The van der Waals surface area contributed by atoms with Crippen molar-refractivity contribution in [3.8, 4) is 0 Å². The first-order valence-electron chi connectivity index (χ1n) is 8.79. The van der Waals surface area contributed by atoms with E-state index < -0.39 is 4.92 Å². The fourth-order valence-corrected chi connectivity index (χ4v) is 3.18. The number of rotatable bonds is 6. The number of ether oxygens (including phenoxy) is 1. The molecular formula is C17H23N5O4. The second-order valence-electron chi connectivity index (χ2n) is 6.38. The van der Waals surface area contributed by atoms with Crippen LogP contribution in [0.1, 0.15) is 18.4 Å². The molecule has 9 nitrogen and oxygen atoms in total. The molecule has 140 valence electrons. The van der Waals surface area contributed by atoms with E-state index in [9.17, 15) is 14.9 Å². The van der Waals surface area contributed by atoms with Crippen molar-refractivity contribution in [2.45, 2.75) is 12.8 Å². The van der Waals surface area contributed by atoms with E-state index in [4.69, 9.17) is 4.74 Å². The summed E-state index contributed by atoms with van der Waals surface area (Å²) in [6.07, 6.45) is 3.69. The van der Waals surface area contributed by atoms with Gasteiger partial charge in [-0.05, 0) is 18.9 Å². The summed E-state index contributed by atoms with van der Waals surface area (Å²) in [7, 11) is 0. The number of morpholine rings is 1. The maximum Gasteiger partial charge on any atom is 0.270 e. The van der Waals surface area contributed by atoms with Gasteiger partial charge in [-0.2, -0.15) is 5.10 Å². The summed E-state index contributed by atoms with van der Waals surface area (Å²) >= 11 is 0. The van der Waals surface area contributed by atoms with E-state index >= 15 is 0 Å². The minimum Gasteiger partial charge on any atom is -0.379 e. The second kappa shape index (κ2) is 8.72. The Balaban J connectivity index is 1.66. The lowest BCUT2D eigenvalue weighted by atomic mass is 10.1. The van der Waals surface area contributed by atoms with Crippen molar-refractivity contribution >= 4 is 23.5 Å². The van der Waals surface area contributed by atoms with E-state index in [1.54, 1.807) is 6.07 Å². The number of nitro benzene ring substituents is 1. The van der Waals surface area contributed by atoms with Crippen LogP contribution in [0.15, 0.2) is 23.3 Å². The molecule has 0 saturated carbocycles. The van der Waals surface area contributed by atoms with Crippen LogP contribution < -0.4 is 10.3 Å². The Morgan fingerprint density at radius 2 is 2.00 bits per heavy atom. The lowest BCUT2D eigenvalue weighted by Crippen LogP contribution is -2.42. The Labute approximate surface area is 151 Å². The monoisotopic (exact) mass is 361 g/mol. The van der Waals surface area contributed by atoms with Crippen molar-refractivity contribution in [2.75, 3.05) is 50.8 Å². The molecule has 0 bridgehead atoms. The third kappa shape index (κ3) is 4.77. The Hall–Kier alpha value is -2.52. The topological polar surface area (TPSA) is 100 Å². The molecule has 0 unspecified atom stereocenters. The molecule has 1 aromatic carbocycles. The van der Waals surface area contributed by atoms with Gasteiger partial charge in [-0.1, -0.05) is 0 Å². The van der Waals surface area contributed by atoms with Crippen LogP contribution in [0.5, 0.6) is 0 Å². The Kier molecular flexibility index (Phi) is 6.13. The van der Waals surface area contributed by atoms with Gasteiger partial charge in [0.15, 0.2) is 0 Å². The molecular weight excluding hydrogens is 338 g/mol. The van der Waals surface area contributed by atoms with E-state index in [0.29, 0.717) is 18.8 Å². The molecule has 1 aromatic rings. The number of anilines is 1. The van der Waals surface area contributed by atoms with E-state index in [1.165, 1.54) is 18.3 Å². The lowest BCUT2D eigenvalue weighted by molar-refractivity contribution is -0.384. The highest BCUT2D eigenvalue weighted by atomic mass is 16.6. The van der Waals surface area contributed by atoms with Gasteiger partial charge in [-0.25, -0.2) is 5.43 Å². The minimum absolute atomic E-state index is 0.00837. The molecule has 0 atom stereocenters. The van der Waals surface area contributed by atoms with Crippen LogP contribution in [0.3, 0.4) is 0 Å². The average molecular weight is 361 g/mol. The number of carbonyl (C=O) groups is 1. The van der Waals surface area contributed by atoms with E-state index in [1.807, 2.05) is 4.90 Å². The largest absolute Gasteiger partial charge is 0.379 e. The summed E-state index contributed by atoms with van der Waals surface area (Å²) in [5, 5.41) is 15.1. The fourth-order valence-electron chi connectivity index (χ4n) is 3.18. The standard InChI is InChI=1S/C17H23N5O4/c23-17(13-20-7-9-26-10-8-20)19-18-12-14-11-15(22(24)25)3-4-16(14)21-5-1-2-6-21/h3-4,11-12H,1-2,5-10,13H2,(H,19,23)/b18-12-. The number of hydrazone groups is 1. The number of amides is 1. The van der Waals surface area contributed by atoms with Gasteiger partial charge in [0, 0.05) is 49.6 Å². The molecule has 0 spiro atoms. The highest BCUT2D eigenvalue weighted by Crippen LogP contribution is 2.27. The first-order chi connectivity index (χ1) is 12.6. The fraction of sp³-hybridized carbons (Fsp3) is 0.529. The van der Waals surface area contributed by atoms with Crippen molar-refractivity contribution in [3.05, 3.63) is 33.9 Å². The molecule has 9 heteroatoms. The molecule has 1 amide bonds. The highest BCUT2D eigenvalue weighted by Gasteiger charge is 2.18. The normalized spacial score (nSPS) is 18.4. The van der Waals surface area contributed by atoms with E-state index in [0.717, 1.165) is 44.7 Å². The zero-order valence-corrected chi connectivity index (χ0v) is 14.6. The number of nitrogens with zero attached hydrogens (tertiary/aromatic N) is 4. The molecule has 26 heavy (non-hydrogen) atoms. The van der Waals surface area contributed by atoms with Crippen LogP contribution in [0.2, 0.25) is 0 Å². The van der Waals surface area contributed by atoms with Crippen LogP contribution in [0.4, 0.5) is 11.4 Å². The predicted molar refractivity (Wildman–Crippen MR) is 97.5 cm³/mol. The molecule has 2 fully saturated rings. The maximum absolute atomic E-state index is 12.0. The minimum atomic E-state index is -0.428. The summed E-state index contributed by atoms with van der Waals surface area (Å²) in [5.74, 6) is -0.212. The van der Waals surface area contributed by atoms with Gasteiger partial charge in [0.05, 0.1) is 30.9 Å². The van der Waals surface area contributed by atoms with Gasteiger partial charge in [0.1, 0.15) is 0 Å². The van der Waals surface area contributed by atoms with Crippen LogP contribution in [0, 0.1) is 10.1 Å². The van der Waals surface area contributed by atoms with Crippen molar-refractivity contribution < 1.29 is 14.5 Å². The summed E-state index contributed by atoms with van der Waals surface area (Å²) in [6.45, 7) is 4.80. The lowest BCUT2D eigenvalue weighted by Gasteiger charge is -2.25. The van der Waals surface area contributed by atoms with Crippen LogP contribution in [0.25, 0.3) is 0 Å². The molecule has 3 rings (SSSR count). The van der Waals surface area contributed by atoms with Crippen molar-refractivity contribution in [1.82, 2.24) is 10.3 Å². The van der Waals surface area contributed by atoms with Crippen molar-refractivity contribution in [2.24, 2.45) is 5.10 Å². The van der Waals surface area contributed by atoms with Crippen molar-refractivity contribution in [1.29, 1.82) is 0 Å². The summed E-state index contributed by atoms with van der Waals surface area (Å²) in [4.78, 5) is 26.8. The third-order valence-corrected chi connectivity index (χ3v) is 4.53. The van der Waals surface area contributed by atoms with Gasteiger partial charge in [-0.3, -0.25) is 19.8 Å². The van der Waals surface area contributed by atoms with Crippen LogP contribution in [-0.2, 0) is 9.53 Å². The third-order valence-electron chi connectivity index (χ3n) is 4.53. The molecule has 2 aliphatic heterocycles. The van der Waals surface area contributed by atoms with Crippen LogP contribution in [-0.4, -0.2) is 67.9 Å². The summed E-state index contributed by atoms with van der Waals surface area (Å²) in [6, 6.07) is 4.74. The zero-order valence-electron chi connectivity index (χ0n) is 14.6. The molecule has 2 aliphatic rings. The zero-order chi connectivity index (χ0) is 18.4. The molecule has 0 aliphatic carbocycles. The molecule has 0 aromatic heterocycles. The first-order valence-corrected chi connectivity index (χ1v) is 8.79. The molecule has 0 radical (unpaired) electrons. The van der Waals surface area contributed by atoms with Crippen molar-refractivity contribution in [3.63, 3.8) is 0 Å². The molecule has 2 heterocycles. The number of non-ortho nitro benzene ring substituents is 1. The van der Waals surface area contributed by atoms with Gasteiger partial charge in [0.25, 0.3) is 11.6 Å². The number of carbonyl (C=O) groups excluding carboxylic acids is 1. The smallest absolute Gasteiger partial charge is 0.270 e. The first kappa shape index (κ1) is 18.3. The SMILES string of the molecule is O=C(CN1CCOCC1)N/N=C\c1cc([N+](=O)[O-])ccc1N1CCCC1. The summed E-state index contributed by atoms with van der Waals surface area (Å²) in [5.41, 5.74) is 4.05.